The number of aromatic nitrogens is 1. The number of hydrogen-bond donors (Lipinski definition) is 2. The van der Waals surface area contributed by atoms with Gasteiger partial charge in [0, 0.05) is 6.20 Å². The third-order valence-electron chi connectivity index (χ3n) is 3.01. The molecule has 0 saturated heterocycles. The van der Waals surface area contributed by atoms with Crippen molar-refractivity contribution in [3.63, 3.8) is 0 Å². The summed E-state index contributed by atoms with van der Waals surface area (Å²) in [5.41, 5.74) is 6.00. The van der Waals surface area contributed by atoms with E-state index < -0.39 is 11.8 Å². The Morgan fingerprint density at radius 3 is 2.48 bits per heavy atom. The smallest absolute Gasteiger partial charge is 0.276 e. The van der Waals surface area contributed by atoms with Crippen molar-refractivity contribution in [1.29, 1.82) is 0 Å². The van der Waals surface area contributed by atoms with E-state index in [-0.39, 0.29) is 17.3 Å². The summed E-state index contributed by atoms with van der Waals surface area (Å²) in [6.45, 7) is 1.85. The summed E-state index contributed by atoms with van der Waals surface area (Å²) in [7, 11) is 0. The lowest BCUT2D eigenvalue weighted by Crippen LogP contribution is -2.43. The number of halogens is 1. The highest BCUT2D eigenvalue weighted by Crippen LogP contribution is 2.12. The molecule has 1 aromatic heterocycles. The summed E-state index contributed by atoms with van der Waals surface area (Å²) < 4.78 is 5.33. The van der Waals surface area contributed by atoms with Gasteiger partial charge in [-0.1, -0.05) is 30.7 Å². The number of hydrogen-bond acceptors (Lipinski definition) is 4. The standard InChI is InChI=1S/C16H16ClN3O3/c1-2-11-3-6-13(7-4-11)23-10-15(21)19-20-16(22)12-5-8-14(17)18-9-12/h3-9H,2,10H2,1H3,(H,19,21)(H,20,22). The Bertz CT molecular complexity index is 672. The molecule has 0 aliphatic carbocycles. The van der Waals surface area contributed by atoms with E-state index in [0.717, 1.165) is 6.42 Å². The van der Waals surface area contributed by atoms with Crippen molar-refractivity contribution in [3.05, 3.63) is 58.9 Å². The monoisotopic (exact) mass is 333 g/mol. The Balaban J connectivity index is 1.76. The van der Waals surface area contributed by atoms with Gasteiger partial charge in [-0.2, -0.15) is 0 Å². The van der Waals surface area contributed by atoms with E-state index in [2.05, 4.69) is 22.8 Å². The summed E-state index contributed by atoms with van der Waals surface area (Å²) in [4.78, 5) is 27.2. The minimum absolute atomic E-state index is 0.204. The number of pyridine rings is 1. The summed E-state index contributed by atoms with van der Waals surface area (Å²) >= 11 is 5.63. The molecule has 0 aliphatic heterocycles. The van der Waals surface area contributed by atoms with E-state index in [0.29, 0.717) is 5.75 Å². The van der Waals surface area contributed by atoms with E-state index in [9.17, 15) is 9.59 Å². The molecule has 0 spiro atoms. The number of aryl methyl sites for hydroxylation is 1. The van der Waals surface area contributed by atoms with Crippen molar-refractivity contribution in [2.24, 2.45) is 0 Å². The first-order valence-corrected chi connectivity index (χ1v) is 7.38. The second kappa shape index (κ2) is 8.14. The van der Waals surface area contributed by atoms with Crippen LogP contribution in [-0.2, 0) is 11.2 Å². The van der Waals surface area contributed by atoms with Crippen LogP contribution in [-0.4, -0.2) is 23.4 Å². The number of nitrogens with zero attached hydrogens (tertiary/aromatic N) is 1. The van der Waals surface area contributed by atoms with Gasteiger partial charge in [0.25, 0.3) is 11.8 Å². The summed E-state index contributed by atoms with van der Waals surface area (Å²) in [6, 6.07) is 10.4. The van der Waals surface area contributed by atoms with Crippen LogP contribution in [0.25, 0.3) is 0 Å². The van der Waals surface area contributed by atoms with Gasteiger partial charge in [0.1, 0.15) is 10.9 Å². The Hall–Kier alpha value is -2.60. The third-order valence-corrected chi connectivity index (χ3v) is 3.23. The maximum absolute atomic E-state index is 11.8. The first-order valence-electron chi connectivity index (χ1n) is 7.01. The van der Waals surface area contributed by atoms with Crippen LogP contribution in [0.15, 0.2) is 42.6 Å². The second-order valence-electron chi connectivity index (χ2n) is 4.66. The van der Waals surface area contributed by atoms with Crippen LogP contribution in [0, 0.1) is 0 Å². The van der Waals surface area contributed by atoms with Crippen LogP contribution in [0.3, 0.4) is 0 Å². The molecule has 0 radical (unpaired) electrons. The molecule has 0 aliphatic rings. The summed E-state index contributed by atoms with van der Waals surface area (Å²) in [5, 5.41) is 0.285. The first kappa shape index (κ1) is 16.8. The zero-order valence-corrected chi connectivity index (χ0v) is 13.3. The maximum Gasteiger partial charge on any atom is 0.276 e. The first-order chi connectivity index (χ1) is 11.1. The van der Waals surface area contributed by atoms with E-state index in [4.69, 9.17) is 16.3 Å². The van der Waals surface area contributed by atoms with Crippen molar-refractivity contribution in [1.82, 2.24) is 15.8 Å². The number of carbonyl (C=O) groups is 2. The van der Waals surface area contributed by atoms with Gasteiger partial charge >= 0.3 is 0 Å². The predicted molar refractivity (Wildman–Crippen MR) is 86.2 cm³/mol. The van der Waals surface area contributed by atoms with Crippen molar-refractivity contribution >= 4 is 23.4 Å². The van der Waals surface area contributed by atoms with Crippen LogP contribution in [0.5, 0.6) is 5.75 Å². The van der Waals surface area contributed by atoms with E-state index in [1.807, 2.05) is 12.1 Å². The molecule has 23 heavy (non-hydrogen) atoms. The molecule has 1 aromatic carbocycles. The van der Waals surface area contributed by atoms with Gasteiger partial charge in [0.05, 0.1) is 5.56 Å². The van der Waals surface area contributed by atoms with Gasteiger partial charge < -0.3 is 4.74 Å². The quantitative estimate of drug-likeness (QED) is 0.649. The number of hydrazine groups is 1. The van der Waals surface area contributed by atoms with Crippen LogP contribution in [0.1, 0.15) is 22.8 Å². The zero-order chi connectivity index (χ0) is 16.7. The fraction of sp³-hybridized carbons (Fsp3) is 0.188. The van der Waals surface area contributed by atoms with Gasteiger partial charge in [-0.15, -0.1) is 0 Å². The number of nitrogens with one attached hydrogen (secondary N) is 2. The molecule has 0 saturated carbocycles. The second-order valence-corrected chi connectivity index (χ2v) is 5.05. The van der Waals surface area contributed by atoms with Crippen LogP contribution < -0.4 is 15.6 Å². The minimum Gasteiger partial charge on any atom is -0.484 e. The normalized spacial score (nSPS) is 10.0. The van der Waals surface area contributed by atoms with E-state index >= 15 is 0 Å². The highest BCUT2D eigenvalue weighted by Gasteiger charge is 2.08. The number of amides is 2. The molecule has 2 aromatic rings. The Morgan fingerprint density at radius 1 is 1.13 bits per heavy atom. The van der Waals surface area contributed by atoms with Crippen molar-refractivity contribution in [2.45, 2.75) is 13.3 Å². The number of benzene rings is 1. The Morgan fingerprint density at radius 2 is 1.87 bits per heavy atom. The lowest BCUT2D eigenvalue weighted by Gasteiger charge is -2.09. The van der Waals surface area contributed by atoms with Gasteiger partial charge in [-0.25, -0.2) is 4.98 Å². The average molecular weight is 334 g/mol. The van der Waals surface area contributed by atoms with Crippen LogP contribution >= 0.6 is 11.6 Å². The molecule has 6 nitrogen and oxygen atoms in total. The highest BCUT2D eigenvalue weighted by atomic mass is 35.5. The fourth-order valence-corrected chi connectivity index (χ4v) is 1.83. The van der Waals surface area contributed by atoms with Crippen molar-refractivity contribution in [2.75, 3.05) is 6.61 Å². The van der Waals surface area contributed by atoms with Crippen LogP contribution in [0.4, 0.5) is 0 Å². The molecule has 0 atom stereocenters. The minimum atomic E-state index is -0.491. The fourth-order valence-electron chi connectivity index (χ4n) is 1.72. The molecule has 0 bridgehead atoms. The van der Waals surface area contributed by atoms with Gasteiger partial charge in [0.2, 0.25) is 0 Å². The number of rotatable bonds is 5. The topological polar surface area (TPSA) is 80.3 Å². The third kappa shape index (κ3) is 5.27. The molecule has 2 rings (SSSR count). The molecule has 2 N–H and O–H groups in total. The molecular formula is C16H16ClN3O3. The van der Waals surface area contributed by atoms with Gasteiger partial charge in [-0.3, -0.25) is 20.4 Å². The molecule has 0 fully saturated rings. The number of carbonyl (C=O) groups excluding carboxylic acids is 2. The highest BCUT2D eigenvalue weighted by molar-refractivity contribution is 6.29. The SMILES string of the molecule is CCc1ccc(OCC(=O)NNC(=O)c2ccc(Cl)nc2)cc1. The Labute approximate surface area is 138 Å². The average Bonchev–Trinajstić information content (AvgIpc) is 2.59. The molecule has 0 unspecified atom stereocenters. The largest absolute Gasteiger partial charge is 0.484 e. The van der Waals surface area contributed by atoms with E-state index in [1.54, 1.807) is 12.1 Å². The summed E-state index contributed by atoms with van der Waals surface area (Å²) in [5.74, 6) is -0.375. The molecule has 120 valence electrons. The molecule has 1 heterocycles. The maximum atomic E-state index is 11.8. The summed E-state index contributed by atoms with van der Waals surface area (Å²) in [6.07, 6.45) is 2.25. The Kier molecular flexibility index (Phi) is 5.94. The molecular weight excluding hydrogens is 318 g/mol. The lowest BCUT2D eigenvalue weighted by molar-refractivity contribution is -0.123. The van der Waals surface area contributed by atoms with Gasteiger partial charge in [-0.05, 0) is 36.2 Å². The molecule has 7 heteroatoms. The zero-order valence-electron chi connectivity index (χ0n) is 12.5. The van der Waals surface area contributed by atoms with E-state index in [1.165, 1.54) is 23.9 Å². The lowest BCUT2D eigenvalue weighted by atomic mass is 10.2. The predicted octanol–water partition coefficient (Wildman–Crippen LogP) is 2.14. The van der Waals surface area contributed by atoms with Crippen LogP contribution in [0.2, 0.25) is 5.15 Å². The van der Waals surface area contributed by atoms with Crippen molar-refractivity contribution < 1.29 is 14.3 Å². The molecule has 2 amide bonds. The van der Waals surface area contributed by atoms with Gasteiger partial charge in [0.15, 0.2) is 6.61 Å². The van der Waals surface area contributed by atoms with Crippen molar-refractivity contribution in [3.8, 4) is 5.75 Å². The number of ether oxygens (including phenoxy) is 1.